The Bertz CT molecular complexity index is 1130. The number of carbonyl (C=O) groups is 3. The van der Waals surface area contributed by atoms with E-state index in [9.17, 15) is 19.5 Å². The number of rotatable bonds is 10. The second kappa shape index (κ2) is 11.2. The molecule has 36 heavy (non-hydrogen) atoms. The number of hydrogen-bond acceptors (Lipinski definition) is 7. The van der Waals surface area contributed by atoms with Gasteiger partial charge in [-0.1, -0.05) is 49.8 Å². The largest absolute Gasteiger partial charge is 0.466 e. The second-order valence-electron chi connectivity index (χ2n) is 9.43. The number of allylic oxidation sites excluding steroid dienone is 1. The predicted octanol–water partition coefficient (Wildman–Crippen LogP) is 1.88. The maximum Gasteiger partial charge on any atom is 0.310 e. The molecule has 1 fully saturated rings. The average Bonchev–Trinajstić information content (AvgIpc) is 3.43. The van der Waals surface area contributed by atoms with Crippen LogP contribution in [-0.2, 0) is 25.8 Å². The fraction of sp³-hybridized carbons (Fsp3) is 0.577. The number of fused-ring (bicyclic) bond motifs is 2. The second-order valence-corrected chi connectivity index (χ2v) is 9.43. The summed E-state index contributed by atoms with van der Waals surface area (Å²) in [5.41, 5.74) is 1.49. The molecule has 6 atom stereocenters. The van der Waals surface area contributed by atoms with E-state index >= 15 is 0 Å². The average molecular weight is 498 g/mol. The minimum Gasteiger partial charge on any atom is -0.466 e. The summed E-state index contributed by atoms with van der Waals surface area (Å²) in [6.45, 7) is 5.67. The summed E-state index contributed by atoms with van der Waals surface area (Å²) in [5.74, 6) is -3.07. The third-order valence-electron chi connectivity index (χ3n) is 7.40. The molecular weight excluding hydrogens is 462 g/mol. The Morgan fingerprint density at radius 3 is 2.67 bits per heavy atom. The molecule has 2 amide bonds. The standard InChI is InChI=1S/C26H35N5O5/c1-4-9-16-12-13-18-22(21(16)26(35)36-6-3)25(34)31(17(5-2)14-32)23(18)24(33)27-15-30-20-11-8-7-10-19(20)28-29-30/h7-8,10-13,16-18,21-23,32H,4-6,9,14-15H2,1-3H3,(H,27,33)/t16-,17+,18+,21-,22-,23+/m1/s1. The SMILES string of the molecule is CCC[C@@H]1C=C[C@H]2[C@@H](C(=O)N([C@@H](CC)CO)[C@@H]2C(=O)NCn2nnc3ccccc32)[C@@H]1C(=O)OCC. The van der Waals surface area contributed by atoms with Crippen LogP contribution in [0.5, 0.6) is 0 Å². The minimum absolute atomic E-state index is 0.0780. The third-order valence-corrected chi connectivity index (χ3v) is 7.40. The van der Waals surface area contributed by atoms with Gasteiger partial charge < -0.3 is 20.1 Å². The van der Waals surface area contributed by atoms with Crippen LogP contribution in [0, 0.1) is 23.7 Å². The Morgan fingerprint density at radius 1 is 1.19 bits per heavy atom. The molecular formula is C26H35N5O5. The Hall–Kier alpha value is -3.27. The third kappa shape index (κ3) is 4.61. The molecule has 2 N–H and O–H groups in total. The van der Waals surface area contributed by atoms with Crippen LogP contribution < -0.4 is 5.32 Å². The highest BCUT2D eigenvalue weighted by molar-refractivity contribution is 5.96. The molecule has 0 saturated carbocycles. The molecule has 4 rings (SSSR count). The van der Waals surface area contributed by atoms with E-state index in [-0.39, 0.29) is 37.6 Å². The van der Waals surface area contributed by atoms with Gasteiger partial charge in [0, 0.05) is 5.92 Å². The van der Waals surface area contributed by atoms with Crippen molar-refractivity contribution >= 4 is 28.8 Å². The number of amides is 2. The highest BCUT2D eigenvalue weighted by atomic mass is 16.5. The molecule has 194 valence electrons. The van der Waals surface area contributed by atoms with E-state index in [0.29, 0.717) is 11.9 Å². The molecule has 1 saturated heterocycles. The summed E-state index contributed by atoms with van der Waals surface area (Å²) in [5, 5.41) is 21.2. The topological polar surface area (TPSA) is 127 Å². The number of nitrogens with zero attached hydrogens (tertiary/aromatic N) is 4. The Balaban J connectivity index is 1.66. The van der Waals surface area contributed by atoms with E-state index in [4.69, 9.17) is 4.74 Å². The molecule has 1 aliphatic carbocycles. The van der Waals surface area contributed by atoms with Gasteiger partial charge in [0.15, 0.2) is 0 Å². The first-order chi connectivity index (χ1) is 17.5. The molecule has 1 aromatic carbocycles. The van der Waals surface area contributed by atoms with Gasteiger partial charge in [-0.15, -0.1) is 5.10 Å². The lowest BCUT2D eigenvalue weighted by Gasteiger charge is -2.34. The fourth-order valence-corrected chi connectivity index (χ4v) is 5.71. The van der Waals surface area contributed by atoms with Gasteiger partial charge in [0.25, 0.3) is 0 Å². The minimum atomic E-state index is -0.856. The maximum atomic E-state index is 13.9. The summed E-state index contributed by atoms with van der Waals surface area (Å²) in [6, 6.07) is 6.04. The van der Waals surface area contributed by atoms with E-state index < -0.39 is 35.8 Å². The Morgan fingerprint density at radius 2 is 1.97 bits per heavy atom. The van der Waals surface area contributed by atoms with E-state index in [0.717, 1.165) is 18.4 Å². The van der Waals surface area contributed by atoms with Crippen LogP contribution in [0.2, 0.25) is 0 Å². The Labute approximate surface area is 210 Å². The monoisotopic (exact) mass is 497 g/mol. The van der Waals surface area contributed by atoms with Crippen LogP contribution in [0.3, 0.4) is 0 Å². The first kappa shape index (κ1) is 25.8. The predicted molar refractivity (Wildman–Crippen MR) is 132 cm³/mol. The van der Waals surface area contributed by atoms with Gasteiger partial charge in [-0.25, -0.2) is 4.68 Å². The molecule has 0 radical (unpaired) electrons. The molecule has 0 unspecified atom stereocenters. The van der Waals surface area contributed by atoms with Crippen molar-refractivity contribution in [3.63, 3.8) is 0 Å². The number of likely N-dealkylation sites (tertiary alicyclic amines) is 1. The van der Waals surface area contributed by atoms with E-state index in [2.05, 4.69) is 15.6 Å². The molecule has 1 aliphatic heterocycles. The van der Waals surface area contributed by atoms with Crippen molar-refractivity contribution in [3.8, 4) is 0 Å². The Kier molecular flexibility index (Phi) is 8.03. The summed E-state index contributed by atoms with van der Waals surface area (Å²) in [6.07, 6.45) is 5.95. The fourth-order valence-electron chi connectivity index (χ4n) is 5.71. The van der Waals surface area contributed by atoms with Crippen molar-refractivity contribution in [1.29, 1.82) is 0 Å². The van der Waals surface area contributed by atoms with Crippen LogP contribution in [0.25, 0.3) is 11.0 Å². The van der Waals surface area contributed by atoms with Crippen LogP contribution in [0.4, 0.5) is 0 Å². The van der Waals surface area contributed by atoms with E-state index in [1.165, 1.54) is 4.90 Å². The molecule has 1 aromatic heterocycles. The number of aromatic nitrogens is 3. The first-order valence-corrected chi connectivity index (χ1v) is 12.8. The number of benzene rings is 1. The van der Waals surface area contributed by atoms with Gasteiger partial charge in [-0.3, -0.25) is 14.4 Å². The van der Waals surface area contributed by atoms with Gasteiger partial charge in [-0.05, 0) is 37.8 Å². The first-order valence-electron chi connectivity index (χ1n) is 12.8. The van der Waals surface area contributed by atoms with E-state index in [1.807, 2.05) is 50.3 Å². The smallest absolute Gasteiger partial charge is 0.310 e. The van der Waals surface area contributed by atoms with Gasteiger partial charge in [0.1, 0.15) is 18.2 Å². The lowest BCUT2D eigenvalue weighted by Crippen LogP contribution is -2.52. The van der Waals surface area contributed by atoms with Crippen molar-refractivity contribution in [2.45, 2.75) is 58.8 Å². The summed E-state index contributed by atoms with van der Waals surface area (Å²) in [7, 11) is 0. The number of aliphatic hydroxyl groups is 1. The van der Waals surface area contributed by atoms with E-state index in [1.54, 1.807) is 11.6 Å². The normalized spacial score (nSPS) is 26.2. The van der Waals surface area contributed by atoms with Gasteiger partial charge in [0.2, 0.25) is 11.8 Å². The molecule has 2 aliphatic rings. The molecule has 10 heteroatoms. The number of aliphatic hydroxyl groups excluding tert-OH is 1. The van der Waals surface area contributed by atoms with Gasteiger partial charge in [-0.2, -0.15) is 0 Å². The number of hydrogen-bond donors (Lipinski definition) is 2. The zero-order chi connectivity index (χ0) is 25.8. The lowest BCUT2D eigenvalue weighted by molar-refractivity contribution is -0.156. The highest BCUT2D eigenvalue weighted by Gasteiger charge is 2.58. The quantitative estimate of drug-likeness (QED) is 0.379. The highest BCUT2D eigenvalue weighted by Crippen LogP contribution is 2.46. The number of esters is 1. The molecule has 10 nitrogen and oxygen atoms in total. The molecule has 0 spiro atoms. The number of nitrogens with one attached hydrogen (secondary N) is 1. The van der Waals surface area contributed by atoms with Crippen LogP contribution in [0.1, 0.15) is 40.0 Å². The molecule has 2 heterocycles. The van der Waals surface area contributed by atoms with Crippen LogP contribution in [-0.4, -0.2) is 68.1 Å². The van der Waals surface area contributed by atoms with Crippen LogP contribution in [0.15, 0.2) is 36.4 Å². The molecule has 2 aromatic rings. The van der Waals surface area contributed by atoms with Crippen molar-refractivity contribution in [2.75, 3.05) is 13.2 Å². The van der Waals surface area contributed by atoms with Crippen molar-refractivity contribution in [2.24, 2.45) is 23.7 Å². The van der Waals surface area contributed by atoms with Crippen molar-refractivity contribution in [1.82, 2.24) is 25.2 Å². The summed E-state index contributed by atoms with van der Waals surface area (Å²) >= 11 is 0. The van der Waals surface area contributed by atoms with Crippen molar-refractivity contribution in [3.05, 3.63) is 36.4 Å². The summed E-state index contributed by atoms with van der Waals surface area (Å²) in [4.78, 5) is 42.1. The van der Waals surface area contributed by atoms with Gasteiger partial charge in [0.05, 0.1) is 36.6 Å². The zero-order valence-electron chi connectivity index (χ0n) is 21.0. The number of carbonyl (C=O) groups excluding carboxylic acids is 3. The van der Waals surface area contributed by atoms with Crippen molar-refractivity contribution < 1.29 is 24.2 Å². The number of para-hydroxylation sites is 1. The lowest BCUT2D eigenvalue weighted by atomic mass is 9.69. The number of ether oxygens (including phenoxy) is 1. The maximum absolute atomic E-state index is 13.9. The zero-order valence-corrected chi connectivity index (χ0v) is 21.0. The molecule has 0 bridgehead atoms. The van der Waals surface area contributed by atoms with Gasteiger partial charge >= 0.3 is 5.97 Å². The summed E-state index contributed by atoms with van der Waals surface area (Å²) < 4.78 is 6.97. The van der Waals surface area contributed by atoms with Crippen LogP contribution >= 0.6 is 0 Å².